The van der Waals surface area contributed by atoms with Crippen LogP contribution < -0.4 is 9.47 Å². The quantitative estimate of drug-likeness (QED) is 0.367. The average Bonchev–Trinajstić information content (AvgIpc) is 3.51. The molecular formula is C27H21ClF2O4. The molecule has 1 saturated carbocycles. The molecule has 0 radical (unpaired) electrons. The molecule has 3 aromatic rings. The van der Waals surface area contributed by atoms with Crippen LogP contribution in [0.1, 0.15) is 46.8 Å². The fourth-order valence-electron chi connectivity index (χ4n) is 4.49. The van der Waals surface area contributed by atoms with Crippen molar-refractivity contribution in [2.45, 2.75) is 44.8 Å². The Balaban J connectivity index is 1.42. The van der Waals surface area contributed by atoms with E-state index in [0.717, 1.165) is 22.3 Å². The first-order chi connectivity index (χ1) is 16.1. The Labute approximate surface area is 200 Å². The van der Waals surface area contributed by atoms with Gasteiger partial charge in [-0.2, -0.15) is 0 Å². The molecule has 1 heterocycles. The lowest BCUT2D eigenvalue weighted by molar-refractivity contribution is -0.286. The lowest BCUT2D eigenvalue weighted by atomic mass is 9.86. The van der Waals surface area contributed by atoms with E-state index in [1.54, 1.807) is 24.3 Å². The topological polar surface area (TPSA) is 52.6 Å². The van der Waals surface area contributed by atoms with Gasteiger partial charge in [0.25, 0.3) is 0 Å². The van der Waals surface area contributed by atoms with E-state index in [0.29, 0.717) is 29.0 Å². The molecule has 0 atom stereocenters. The zero-order chi connectivity index (χ0) is 24.3. The molecular weight excluding hydrogens is 462 g/mol. The minimum absolute atomic E-state index is 0.0171. The Morgan fingerprint density at radius 1 is 0.971 bits per heavy atom. The van der Waals surface area contributed by atoms with Crippen LogP contribution in [0.15, 0.2) is 54.6 Å². The monoisotopic (exact) mass is 482 g/mol. The maximum atomic E-state index is 13.4. The van der Waals surface area contributed by atoms with E-state index in [9.17, 15) is 18.4 Å². The number of hydrogen-bond donors (Lipinski definition) is 0. The largest absolute Gasteiger partial charge is 0.586 e. The van der Waals surface area contributed by atoms with Gasteiger partial charge in [-0.1, -0.05) is 35.9 Å². The van der Waals surface area contributed by atoms with Crippen molar-refractivity contribution < 1.29 is 27.8 Å². The standard InChI is InChI=1S/C27H21ClF2O4/c1-15-3-4-17(9-22(15)19-11-18(16(2)31)12-21(28)13-19)10-25(32)26(7-8-26)20-5-6-23-24(14-20)34-27(29,30)33-23/h3-6,9,11-14H,7-8,10H2,1-2H3. The summed E-state index contributed by atoms with van der Waals surface area (Å²) in [6.45, 7) is 3.45. The molecule has 34 heavy (non-hydrogen) atoms. The Kier molecular flexibility index (Phi) is 5.24. The summed E-state index contributed by atoms with van der Waals surface area (Å²) >= 11 is 6.24. The van der Waals surface area contributed by atoms with Gasteiger partial charge < -0.3 is 9.47 Å². The van der Waals surface area contributed by atoms with E-state index in [2.05, 4.69) is 9.47 Å². The van der Waals surface area contributed by atoms with Crippen molar-refractivity contribution in [1.29, 1.82) is 0 Å². The molecule has 0 spiro atoms. The molecule has 7 heteroatoms. The van der Waals surface area contributed by atoms with Gasteiger partial charge in [0.1, 0.15) is 5.78 Å². The third-order valence-corrected chi connectivity index (χ3v) is 6.74. The van der Waals surface area contributed by atoms with Crippen molar-refractivity contribution >= 4 is 23.2 Å². The fourth-order valence-corrected chi connectivity index (χ4v) is 4.73. The minimum Gasteiger partial charge on any atom is -0.395 e. The smallest absolute Gasteiger partial charge is 0.395 e. The average molecular weight is 483 g/mol. The first kappa shape index (κ1) is 22.5. The number of halogens is 3. The second-order valence-electron chi connectivity index (χ2n) is 8.95. The molecule has 0 amide bonds. The Morgan fingerprint density at radius 2 is 1.71 bits per heavy atom. The summed E-state index contributed by atoms with van der Waals surface area (Å²) in [5, 5.41) is 0.467. The summed E-state index contributed by atoms with van der Waals surface area (Å²) in [7, 11) is 0. The summed E-state index contributed by atoms with van der Waals surface area (Å²) < 4.78 is 35.8. The highest BCUT2D eigenvalue weighted by atomic mass is 35.5. The van der Waals surface area contributed by atoms with Crippen LogP contribution in [0.3, 0.4) is 0 Å². The minimum atomic E-state index is -3.69. The van der Waals surface area contributed by atoms with Gasteiger partial charge in [0.2, 0.25) is 0 Å². The summed E-state index contributed by atoms with van der Waals surface area (Å²) in [5.41, 5.74) is 3.99. The van der Waals surface area contributed by atoms with E-state index in [1.165, 1.54) is 19.1 Å². The van der Waals surface area contributed by atoms with Gasteiger partial charge in [-0.15, -0.1) is 8.78 Å². The van der Waals surface area contributed by atoms with Gasteiger partial charge in [-0.25, -0.2) is 0 Å². The third kappa shape index (κ3) is 4.07. The first-order valence-electron chi connectivity index (χ1n) is 10.9. The molecule has 0 bridgehead atoms. The van der Waals surface area contributed by atoms with Gasteiger partial charge in [-0.3, -0.25) is 9.59 Å². The van der Waals surface area contributed by atoms with Gasteiger partial charge in [0.05, 0.1) is 5.41 Å². The summed E-state index contributed by atoms with van der Waals surface area (Å²) in [5.74, 6) is -0.151. The van der Waals surface area contributed by atoms with E-state index in [-0.39, 0.29) is 29.5 Å². The van der Waals surface area contributed by atoms with E-state index >= 15 is 0 Å². The molecule has 4 nitrogen and oxygen atoms in total. The van der Waals surface area contributed by atoms with Crippen LogP contribution in [0.2, 0.25) is 5.02 Å². The van der Waals surface area contributed by atoms with E-state index in [1.807, 2.05) is 25.1 Å². The lowest BCUT2D eigenvalue weighted by Gasteiger charge is -2.16. The van der Waals surface area contributed by atoms with E-state index in [4.69, 9.17) is 11.6 Å². The number of ether oxygens (including phenoxy) is 2. The number of hydrogen-bond acceptors (Lipinski definition) is 4. The predicted octanol–water partition coefficient (Wildman–Crippen LogP) is 6.68. The van der Waals surface area contributed by atoms with Gasteiger partial charge in [0.15, 0.2) is 17.3 Å². The lowest BCUT2D eigenvalue weighted by Crippen LogP contribution is -2.26. The molecule has 5 rings (SSSR count). The predicted molar refractivity (Wildman–Crippen MR) is 124 cm³/mol. The number of carbonyl (C=O) groups is 2. The summed E-state index contributed by atoms with van der Waals surface area (Å²) in [6.07, 6.45) is -2.20. The van der Waals surface area contributed by atoms with Crippen molar-refractivity contribution in [2.24, 2.45) is 0 Å². The zero-order valence-corrected chi connectivity index (χ0v) is 19.3. The Hall–Kier alpha value is -3.25. The molecule has 0 saturated heterocycles. The number of alkyl halides is 2. The van der Waals surface area contributed by atoms with Crippen LogP contribution in [0.4, 0.5) is 8.78 Å². The number of ketones is 2. The highest BCUT2D eigenvalue weighted by Gasteiger charge is 2.52. The van der Waals surface area contributed by atoms with Crippen LogP contribution in [-0.2, 0) is 16.6 Å². The maximum absolute atomic E-state index is 13.4. The fraction of sp³-hybridized carbons (Fsp3) is 0.259. The number of aryl methyl sites for hydroxylation is 1. The first-order valence-corrected chi connectivity index (χ1v) is 11.3. The van der Waals surface area contributed by atoms with Crippen LogP contribution in [0, 0.1) is 6.92 Å². The van der Waals surface area contributed by atoms with E-state index < -0.39 is 11.7 Å². The Morgan fingerprint density at radius 3 is 2.41 bits per heavy atom. The highest BCUT2D eigenvalue weighted by Crippen LogP contribution is 2.52. The maximum Gasteiger partial charge on any atom is 0.586 e. The summed E-state index contributed by atoms with van der Waals surface area (Å²) in [6, 6.07) is 15.6. The van der Waals surface area contributed by atoms with Crippen LogP contribution in [0.25, 0.3) is 11.1 Å². The van der Waals surface area contributed by atoms with Gasteiger partial charge in [0, 0.05) is 17.0 Å². The van der Waals surface area contributed by atoms with Crippen LogP contribution >= 0.6 is 11.6 Å². The molecule has 3 aromatic carbocycles. The second kappa shape index (κ2) is 7.91. The molecule has 1 fully saturated rings. The van der Waals surface area contributed by atoms with Crippen molar-refractivity contribution in [2.75, 3.05) is 0 Å². The molecule has 0 unspecified atom stereocenters. The normalized spacial score (nSPS) is 16.9. The molecule has 174 valence electrons. The Bertz CT molecular complexity index is 1340. The van der Waals surface area contributed by atoms with Crippen molar-refractivity contribution in [3.8, 4) is 22.6 Å². The molecule has 2 aliphatic rings. The third-order valence-electron chi connectivity index (χ3n) is 6.52. The zero-order valence-electron chi connectivity index (χ0n) is 18.6. The SMILES string of the molecule is CC(=O)c1cc(Cl)cc(-c2cc(CC(=O)C3(c4ccc5c(c4)OC(F)(F)O5)CC3)ccc2C)c1. The second-order valence-corrected chi connectivity index (χ2v) is 9.38. The summed E-state index contributed by atoms with van der Waals surface area (Å²) in [4.78, 5) is 25.2. The van der Waals surface area contributed by atoms with Crippen molar-refractivity contribution in [3.05, 3.63) is 81.9 Å². The molecule has 1 aliphatic carbocycles. The van der Waals surface area contributed by atoms with Crippen molar-refractivity contribution in [1.82, 2.24) is 0 Å². The van der Waals surface area contributed by atoms with Crippen LogP contribution in [0.5, 0.6) is 11.5 Å². The number of fused-ring (bicyclic) bond motifs is 1. The van der Waals surface area contributed by atoms with Crippen molar-refractivity contribution in [3.63, 3.8) is 0 Å². The molecule has 0 N–H and O–H groups in total. The van der Waals surface area contributed by atoms with Gasteiger partial charge >= 0.3 is 6.29 Å². The molecule has 1 aliphatic heterocycles. The van der Waals surface area contributed by atoms with Crippen LogP contribution in [-0.4, -0.2) is 17.9 Å². The number of benzene rings is 3. The molecule has 0 aromatic heterocycles. The number of rotatable bonds is 6. The van der Waals surface area contributed by atoms with Gasteiger partial charge in [-0.05, 0) is 84.8 Å². The highest BCUT2D eigenvalue weighted by molar-refractivity contribution is 6.31. The number of Topliss-reactive ketones (excluding diaryl/α,β-unsaturated/α-hetero) is 2. The number of carbonyl (C=O) groups excluding carboxylic acids is 2.